The van der Waals surface area contributed by atoms with Crippen LogP contribution in [0.4, 0.5) is 5.82 Å². The van der Waals surface area contributed by atoms with Crippen LogP contribution in [0.15, 0.2) is 24.3 Å². The molecule has 0 saturated heterocycles. The molecule has 1 aromatic carbocycles. The maximum absolute atomic E-state index is 6.02. The lowest BCUT2D eigenvalue weighted by molar-refractivity contribution is 0.472. The summed E-state index contributed by atoms with van der Waals surface area (Å²) in [7, 11) is 0. The number of hydrogen-bond acceptors (Lipinski definition) is 4. The molecule has 1 heterocycles. The fraction of sp³-hybridized carbons (Fsp3) is 0.467. The van der Waals surface area contributed by atoms with Gasteiger partial charge >= 0.3 is 0 Å². The summed E-state index contributed by atoms with van der Waals surface area (Å²) in [5.74, 6) is 0.869. The number of rotatable bonds is 3. The highest BCUT2D eigenvalue weighted by atomic mass is 35.5. The molecule has 2 aromatic rings. The van der Waals surface area contributed by atoms with Gasteiger partial charge in [-0.15, -0.1) is 0 Å². The van der Waals surface area contributed by atoms with Crippen LogP contribution in [0.1, 0.15) is 25.7 Å². The van der Waals surface area contributed by atoms with E-state index < -0.39 is 0 Å². The second-order valence-electron chi connectivity index (χ2n) is 5.21. The largest absolute Gasteiger partial charge is 0.367 e. The number of nitrogens with zero attached hydrogens (tertiary/aromatic N) is 2. The Labute approximate surface area is 128 Å². The van der Waals surface area contributed by atoms with Crippen molar-refractivity contribution < 1.29 is 0 Å². The first-order valence-electron chi connectivity index (χ1n) is 6.98. The van der Waals surface area contributed by atoms with Gasteiger partial charge in [0, 0.05) is 16.7 Å². The van der Waals surface area contributed by atoms with E-state index in [1.165, 1.54) is 25.7 Å². The number of para-hydroxylation sites is 1. The van der Waals surface area contributed by atoms with Crippen molar-refractivity contribution in [2.75, 3.05) is 11.6 Å². The van der Waals surface area contributed by atoms with Crippen LogP contribution in [0.25, 0.3) is 10.9 Å². The summed E-state index contributed by atoms with van der Waals surface area (Å²) in [6.07, 6.45) is 7.14. The number of nitrogens with one attached hydrogen (secondary N) is 1. The predicted octanol–water partition coefficient (Wildman–Crippen LogP) is 4.37. The van der Waals surface area contributed by atoms with Crippen LogP contribution < -0.4 is 5.32 Å². The zero-order chi connectivity index (χ0) is 13.9. The number of halogens is 1. The van der Waals surface area contributed by atoms with Gasteiger partial charge in [-0.3, -0.25) is 0 Å². The van der Waals surface area contributed by atoms with E-state index in [1.54, 1.807) is 0 Å². The van der Waals surface area contributed by atoms with Crippen LogP contribution in [0.5, 0.6) is 0 Å². The Morgan fingerprint density at radius 2 is 1.90 bits per heavy atom. The van der Waals surface area contributed by atoms with Crippen molar-refractivity contribution in [1.82, 2.24) is 9.97 Å². The molecule has 1 aromatic heterocycles. The molecule has 1 fully saturated rings. The van der Waals surface area contributed by atoms with Crippen LogP contribution in [0, 0.1) is 0 Å². The van der Waals surface area contributed by atoms with Gasteiger partial charge in [-0.05, 0) is 55.7 Å². The predicted molar refractivity (Wildman–Crippen MR) is 87.7 cm³/mol. The molecule has 3 nitrogen and oxygen atoms in total. The molecule has 0 atom stereocenters. The fourth-order valence-electron chi connectivity index (χ4n) is 2.79. The van der Waals surface area contributed by atoms with E-state index >= 15 is 0 Å². The number of fused-ring (bicyclic) bond motifs is 1. The molecule has 0 radical (unpaired) electrons. The Bertz CT molecular complexity index is 597. The van der Waals surface area contributed by atoms with Gasteiger partial charge in [0.25, 0.3) is 0 Å². The number of hydrogen-bond donors (Lipinski definition) is 1. The van der Waals surface area contributed by atoms with Crippen LogP contribution in [-0.2, 0) is 0 Å². The lowest BCUT2D eigenvalue weighted by Crippen LogP contribution is -2.27. The molecule has 0 bridgehead atoms. The molecule has 1 saturated carbocycles. The molecular weight excluding hydrogens is 290 g/mol. The van der Waals surface area contributed by atoms with Crippen LogP contribution in [0.2, 0.25) is 5.28 Å². The Balaban J connectivity index is 1.81. The SMILES string of the molecule is CSC1CCC(Nc2nc(Cl)nc3ccccc23)CC1. The first-order valence-corrected chi connectivity index (χ1v) is 8.64. The minimum atomic E-state index is 0.309. The highest BCUT2D eigenvalue weighted by molar-refractivity contribution is 7.99. The summed E-state index contributed by atoms with van der Waals surface area (Å²) in [5.41, 5.74) is 0.896. The fourth-order valence-corrected chi connectivity index (χ4v) is 3.71. The molecule has 3 rings (SSSR count). The maximum atomic E-state index is 6.02. The van der Waals surface area contributed by atoms with Crippen molar-refractivity contribution in [1.29, 1.82) is 0 Å². The lowest BCUT2D eigenvalue weighted by atomic mass is 9.95. The van der Waals surface area contributed by atoms with Gasteiger partial charge in [0.15, 0.2) is 0 Å². The van der Waals surface area contributed by atoms with Gasteiger partial charge in [-0.25, -0.2) is 9.97 Å². The maximum Gasteiger partial charge on any atom is 0.224 e. The van der Waals surface area contributed by atoms with Gasteiger partial charge in [-0.2, -0.15) is 11.8 Å². The Hall–Kier alpha value is -1.00. The number of thioether (sulfide) groups is 1. The van der Waals surface area contributed by atoms with Gasteiger partial charge < -0.3 is 5.32 Å². The Morgan fingerprint density at radius 1 is 1.15 bits per heavy atom. The summed E-state index contributed by atoms with van der Waals surface area (Å²) in [5, 5.41) is 5.74. The molecule has 1 N–H and O–H groups in total. The van der Waals surface area contributed by atoms with Crippen LogP contribution in [0.3, 0.4) is 0 Å². The summed E-state index contributed by atoms with van der Waals surface area (Å²) in [4.78, 5) is 8.64. The standard InChI is InChI=1S/C15H18ClN3S/c1-20-11-8-6-10(7-9-11)17-14-12-4-2-3-5-13(12)18-15(16)19-14/h2-5,10-11H,6-9H2,1H3,(H,17,18,19). The topological polar surface area (TPSA) is 37.8 Å². The first kappa shape index (κ1) is 14.0. The monoisotopic (exact) mass is 307 g/mol. The molecule has 20 heavy (non-hydrogen) atoms. The molecule has 0 unspecified atom stereocenters. The molecule has 0 amide bonds. The van der Waals surface area contributed by atoms with E-state index in [-0.39, 0.29) is 0 Å². The molecular formula is C15H18ClN3S. The van der Waals surface area contributed by atoms with Crippen LogP contribution in [-0.4, -0.2) is 27.5 Å². The van der Waals surface area contributed by atoms with E-state index in [4.69, 9.17) is 11.6 Å². The third-order valence-electron chi connectivity index (χ3n) is 3.92. The third-order valence-corrected chi connectivity index (χ3v) is 5.23. The van der Waals surface area contributed by atoms with E-state index in [2.05, 4.69) is 21.5 Å². The summed E-state index contributed by atoms with van der Waals surface area (Å²) >= 11 is 8.01. The van der Waals surface area contributed by atoms with Gasteiger partial charge in [0.1, 0.15) is 5.82 Å². The van der Waals surface area contributed by atoms with Crippen molar-refractivity contribution in [3.63, 3.8) is 0 Å². The van der Waals surface area contributed by atoms with Crippen molar-refractivity contribution >= 4 is 40.1 Å². The zero-order valence-corrected chi connectivity index (χ0v) is 13.0. The third kappa shape index (κ3) is 3.01. The molecule has 1 aliphatic carbocycles. The minimum Gasteiger partial charge on any atom is -0.367 e. The first-order chi connectivity index (χ1) is 9.76. The molecule has 106 valence electrons. The Kier molecular flexibility index (Phi) is 4.32. The summed E-state index contributed by atoms with van der Waals surface area (Å²) < 4.78 is 0. The summed E-state index contributed by atoms with van der Waals surface area (Å²) in [6, 6.07) is 8.49. The van der Waals surface area contributed by atoms with Gasteiger partial charge in [0.2, 0.25) is 5.28 Å². The minimum absolute atomic E-state index is 0.309. The molecule has 0 aliphatic heterocycles. The van der Waals surface area contributed by atoms with E-state index in [9.17, 15) is 0 Å². The van der Waals surface area contributed by atoms with Gasteiger partial charge in [-0.1, -0.05) is 12.1 Å². The molecule has 0 spiro atoms. The van der Waals surface area contributed by atoms with Crippen molar-refractivity contribution in [3.8, 4) is 0 Å². The highest BCUT2D eigenvalue weighted by Crippen LogP contribution is 2.30. The number of anilines is 1. The molecule has 5 heteroatoms. The quantitative estimate of drug-likeness (QED) is 0.855. The van der Waals surface area contributed by atoms with Crippen LogP contribution >= 0.6 is 23.4 Å². The van der Waals surface area contributed by atoms with Crippen molar-refractivity contribution in [3.05, 3.63) is 29.5 Å². The lowest BCUT2D eigenvalue weighted by Gasteiger charge is -2.28. The Morgan fingerprint density at radius 3 is 2.65 bits per heavy atom. The zero-order valence-electron chi connectivity index (χ0n) is 11.5. The smallest absolute Gasteiger partial charge is 0.224 e. The second-order valence-corrected chi connectivity index (χ2v) is 6.69. The van der Waals surface area contributed by atoms with Crippen molar-refractivity contribution in [2.45, 2.75) is 37.0 Å². The number of aromatic nitrogens is 2. The van der Waals surface area contributed by atoms with E-state index in [1.807, 2.05) is 36.0 Å². The van der Waals surface area contributed by atoms with Crippen molar-refractivity contribution in [2.24, 2.45) is 0 Å². The average Bonchev–Trinajstić information content (AvgIpc) is 2.48. The molecule has 1 aliphatic rings. The van der Waals surface area contributed by atoms with E-state index in [0.717, 1.165) is 22.0 Å². The second kappa shape index (κ2) is 6.19. The summed E-state index contributed by atoms with van der Waals surface area (Å²) in [6.45, 7) is 0. The van der Waals surface area contributed by atoms with E-state index in [0.29, 0.717) is 11.3 Å². The highest BCUT2D eigenvalue weighted by Gasteiger charge is 2.21. The normalized spacial score (nSPS) is 22.9. The number of benzene rings is 1. The average molecular weight is 308 g/mol. The van der Waals surface area contributed by atoms with Gasteiger partial charge in [0.05, 0.1) is 5.52 Å².